The zero-order valence-electron chi connectivity index (χ0n) is 12.8. The van der Waals surface area contributed by atoms with Gasteiger partial charge in [-0.15, -0.1) is 0 Å². The van der Waals surface area contributed by atoms with Crippen LogP contribution in [0.3, 0.4) is 0 Å². The van der Waals surface area contributed by atoms with Gasteiger partial charge in [0.05, 0.1) is 6.54 Å². The van der Waals surface area contributed by atoms with Crippen LogP contribution in [0.1, 0.15) is 30.4 Å². The van der Waals surface area contributed by atoms with E-state index in [1.54, 1.807) is 0 Å². The maximum atomic E-state index is 12.2. The third-order valence-electron chi connectivity index (χ3n) is 4.67. The fourth-order valence-corrected chi connectivity index (χ4v) is 3.42. The van der Waals surface area contributed by atoms with Crippen molar-refractivity contribution >= 4 is 11.6 Å². The Morgan fingerprint density at radius 2 is 2.19 bits per heavy atom. The van der Waals surface area contributed by atoms with Gasteiger partial charge in [0.1, 0.15) is 0 Å². The van der Waals surface area contributed by atoms with E-state index in [4.69, 9.17) is 0 Å². The first-order valence-electron chi connectivity index (χ1n) is 8.05. The summed E-state index contributed by atoms with van der Waals surface area (Å²) < 4.78 is 0. The molecular formula is C17H25N3O. The number of likely N-dealkylation sites (N-methyl/N-ethyl adjacent to an activating group) is 1. The molecule has 0 radical (unpaired) electrons. The van der Waals surface area contributed by atoms with Crippen LogP contribution in [-0.4, -0.2) is 43.5 Å². The number of carbonyl (C=O) groups excluding carboxylic acids is 1. The van der Waals surface area contributed by atoms with Crippen LogP contribution >= 0.6 is 0 Å². The third kappa shape index (κ3) is 3.63. The Morgan fingerprint density at radius 3 is 3.00 bits per heavy atom. The van der Waals surface area contributed by atoms with Crippen molar-refractivity contribution in [3.8, 4) is 0 Å². The molecule has 0 bridgehead atoms. The van der Waals surface area contributed by atoms with Crippen molar-refractivity contribution in [2.75, 3.05) is 32.0 Å². The Morgan fingerprint density at radius 1 is 1.33 bits per heavy atom. The molecule has 1 aromatic carbocycles. The normalized spacial score (nSPS) is 21.3. The summed E-state index contributed by atoms with van der Waals surface area (Å²) in [4.78, 5) is 14.4. The second-order valence-corrected chi connectivity index (χ2v) is 6.30. The van der Waals surface area contributed by atoms with E-state index >= 15 is 0 Å². The fraction of sp³-hybridized carbons (Fsp3) is 0.588. The molecule has 2 N–H and O–H groups in total. The maximum absolute atomic E-state index is 12.2. The largest absolute Gasteiger partial charge is 0.325 e. The summed E-state index contributed by atoms with van der Waals surface area (Å²) in [5.41, 5.74) is 3.78. The van der Waals surface area contributed by atoms with Crippen molar-refractivity contribution in [1.82, 2.24) is 10.2 Å². The van der Waals surface area contributed by atoms with Crippen molar-refractivity contribution in [2.24, 2.45) is 0 Å². The molecule has 1 saturated heterocycles. The van der Waals surface area contributed by atoms with E-state index < -0.39 is 0 Å². The molecule has 1 fully saturated rings. The SMILES string of the molecule is CN(CC(=O)Nc1ccc2c(c1)CCC2)C1CCCNC1. The van der Waals surface area contributed by atoms with Gasteiger partial charge in [-0.25, -0.2) is 0 Å². The quantitative estimate of drug-likeness (QED) is 0.887. The lowest BCUT2D eigenvalue weighted by atomic mass is 10.1. The summed E-state index contributed by atoms with van der Waals surface area (Å²) >= 11 is 0. The molecular weight excluding hydrogens is 262 g/mol. The zero-order valence-corrected chi connectivity index (χ0v) is 12.8. The van der Waals surface area contributed by atoms with Crippen LogP contribution in [0.2, 0.25) is 0 Å². The molecule has 1 atom stereocenters. The molecule has 1 aliphatic carbocycles. The number of nitrogens with one attached hydrogen (secondary N) is 2. The van der Waals surface area contributed by atoms with E-state index in [2.05, 4.69) is 27.7 Å². The molecule has 1 aliphatic heterocycles. The summed E-state index contributed by atoms with van der Waals surface area (Å²) in [6.45, 7) is 2.55. The van der Waals surface area contributed by atoms with Crippen LogP contribution in [0, 0.1) is 0 Å². The lowest BCUT2D eigenvalue weighted by Crippen LogP contribution is -2.46. The van der Waals surface area contributed by atoms with E-state index in [1.165, 1.54) is 36.8 Å². The Balaban J connectivity index is 1.53. The summed E-state index contributed by atoms with van der Waals surface area (Å²) in [7, 11) is 2.04. The van der Waals surface area contributed by atoms with E-state index in [0.29, 0.717) is 12.6 Å². The highest BCUT2D eigenvalue weighted by atomic mass is 16.2. The highest BCUT2D eigenvalue weighted by Gasteiger charge is 2.20. The van der Waals surface area contributed by atoms with Gasteiger partial charge >= 0.3 is 0 Å². The van der Waals surface area contributed by atoms with Crippen LogP contribution in [0.25, 0.3) is 0 Å². The van der Waals surface area contributed by atoms with Crippen molar-refractivity contribution in [1.29, 1.82) is 0 Å². The number of nitrogens with zero attached hydrogens (tertiary/aromatic N) is 1. The number of piperidine rings is 1. The minimum atomic E-state index is 0.0843. The van der Waals surface area contributed by atoms with Gasteiger partial charge in [0.15, 0.2) is 0 Å². The summed E-state index contributed by atoms with van der Waals surface area (Å²) in [5.74, 6) is 0.0843. The smallest absolute Gasteiger partial charge is 0.238 e. The molecule has 1 aromatic rings. The lowest BCUT2D eigenvalue weighted by molar-refractivity contribution is -0.117. The fourth-order valence-electron chi connectivity index (χ4n) is 3.42. The number of amides is 1. The second-order valence-electron chi connectivity index (χ2n) is 6.30. The first kappa shape index (κ1) is 14.5. The standard InChI is InChI=1S/C17H25N3O/c1-20(16-6-3-9-18-11-16)12-17(21)19-15-8-7-13-4-2-5-14(13)10-15/h7-8,10,16,18H,2-6,9,11-12H2,1H3,(H,19,21). The first-order chi connectivity index (χ1) is 10.2. The van der Waals surface area contributed by atoms with Gasteiger partial charge in [0.2, 0.25) is 5.91 Å². The minimum Gasteiger partial charge on any atom is -0.325 e. The van der Waals surface area contributed by atoms with Crippen LogP contribution in [0.5, 0.6) is 0 Å². The average Bonchev–Trinajstić information content (AvgIpc) is 2.95. The van der Waals surface area contributed by atoms with Crippen molar-refractivity contribution in [3.05, 3.63) is 29.3 Å². The van der Waals surface area contributed by atoms with E-state index in [1.807, 2.05) is 13.1 Å². The number of anilines is 1. The summed E-state index contributed by atoms with van der Waals surface area (Å²) in [6, 6.07) is 6.81. The molecule has 1 heterocycles. The van der Waals surface area contributed by atoms with E-state index in [0.717, 1.165) is 25.2 Å². The highest BCUT2D eigenvalue weighted by Crippen LogP contribution is 2.24. The number of fused-ring (bicyclic) bond motifs is 1. The predicted molar refractivity (Wildman–Crippen MR) is 85.6 cm³/mol. The molecule has 1 unspecified atom stereocenters. The Kier molecular flexibility index (Phi) is 4.56. The maximum Gasteiger partial charge on any atom is 0.238 e. The molecule has 1 amide bonds. The van der Waals surface area contributed by atoms with Crippen LogP contribution in [-0.2, 0) is 17.6 Å². The van der Waals surface area contributed by atoms with Gasteiger partial charge in [-0.1, -0.05) is 6.07 Å². The number of aryl methyl sites for hydroxylation is 2. The highest BCUT2D eigenvalue weighted by molar-refractivity contribution is 5.92. The van der Waals surface area contributed by atoms with Gasteiger partial charge in [-0.05, 0) is 69.0 Å². The minimum absolute atomic E-state index is 0.0843. The molecule has 3 rings (SSSR count). The van der Waals surface area contributed by atoms with Crippen LogP contribution in [0.15, 0.2) is 18.2 Å². The van der Waals surface area contributed by atoms with Gasteiger partial charge in [-0.3, -0.25) is 9.69 Å². The first-order valence-corrected chi connectivity index (χ1v) is 8.05. The molecule has 0 saturated carbocycles. The molecule has 4 nitrogen and oxygen atoms in total. The molecule has 0 aromatic heterocycles. The molecule has 2 aliphatic rings. The number of benzene rings is 1. The molecule has 21 heavy (non-hydrogen) atoms. The number of hydrogen-bond acceptors (Lipinski definition) is 3. The number of hydrogen-bond donors (Lipinski definition) is 2. The second kappa shape index (κ2) is 6.58. The molecule has 4 heteroatoms. The van der Waals surface area contributed by atoms with Gasteiger partial charge in [0, 0.05) is 18.3 Å². The van der Waals surface area contributed by atoms with Gasteiger partial charge in [0.25, 0.3) is 0 Å². The number of rotatable bonds is 4. The van der Waals surface area contributed by atoms with Crippen molar-refractivity contribution in [3.63, 3.8) is 0 Å². The molecule has 0 spiro atoms. The molecule has 114 valence electrons. The summed E-state index contributed by atoms with van der Waals surface area (Å²) in [6.07, 6.45) is 5.94. The zero-order chi connectivity index (χ0) is 14.7. The van der Waals surface area contributed by atoms with E-state index in [-0.39, 0.29) is 5.91 Å². The van der Waals surface area contributed by atoms with Crippen molar-refractivity contribution < 1.29 is 4.79 Å². The van der Waals surface area contributed by atoms with Crippen LogP contribution in [0.4, 0.5) is 5.69 Å². The van der Waals surface area contributed by atoms with Crippen LogP contribution < -0.4 is 10.6 Å². The average molecular weight is 287 g/mol. The van der Waals surface area contributed by atoms with Crippen molar-refractivity contribution in [2.45, 2.75) is 38.1 Å². The lowest BCUT2D eigenvalue weighted by Gasteiger charge is -2.31. The predicted octanol–water partition coefficient (Wildman–Crippen LogP) is 1.80. The third-order valence-corrected chi connectivity index (χ3v) is 4.67. The Bertz CT molecular complexity index is 509. The number of carbonyl (C=O) groups is 1. The topological polar surface area (TPSA) is 44.4 Å². The Hall–Kier alpha value is -1.39. The van der Waals surface area contributed by atoms with Gasteiger partial charge in [-0.2, -0.15) is 0 Å². The Labute approximate surface area is 126 Å². The summed E-state index contributed by atoms with van der Waals surface area (Å²) in [5, 5.41) is 6.43. The van der Waals surface area contributed by atoms with E-state index in [9.17, 15) is 4.79 Å². The monoisotopic (exact) mass is 287 g/mol. The van der Waals surface area contributed by atoms with Gasteiger partial charge < -0.3 is 10.6 Å².